The molecule has 0 radical (unpaired) electrons. The molecule has 112 valence electrons. The molecular weight excluding hydrogens is 242 g/mol. The Morgan fingerprint density at radius 2 is 1.70 bits per heavy atom. The fourth-order valence-electron chi connectivity index (χ4n) is 3.50. The van der Waals surface area contributed by atoms with Gasteiger partial charge in [0.2, 0.25) is 0 Å². The van der Waals surface area contributed by atoms with Gasteiger partial charge in [-0.3, -0.25) is 0 Å². The molecule has 0 spiro atoms. The van der Waals surface area contributed by atoms with E-state index in [1.807, 2.05) is 0 Å². The molecule has 0 unspecified atom stereocenters. The predicted octanol–water partition coefficient (Wildman–Crippen LogP) is 4.65. The number of nitrogens with one attached hydrogen (secondary N) is 1. The molecule has 1 saturated carbocycles. The molecule has 0 saturated heterocycles. The zero-order valence-corrected chi connectivity index (χ0v) is 13.9. The minimum Gasteiger partial charge on any atom is -0.316 e. The van der Waals surface area contributed by atoms with Gasteiger partial charge < -0.3 is 5.32 Å². The maximum atomic E-state index is 3.58. The average molecular weight is 273 g/mol. The van der Waals surface area contributed by atoms with Crippen LogP contribution in [-0.4, -0.2) is 13.1 Å². The Kier molecular flexibility index (Phi) is 4.59. The second kappa shape index (κ2) is 5.89. The van der Waals surface area contributed by atoms with Gasteiger partial charge in [0.05, 0.1) is 0 Å². The van der Waals surface area contributed by atoms with Crippen LogP contribution in [0.2, 0.25) is 0 Å². The SMILES string of the molecule is CCNCC1(c2ccc(C(C)(C)C)cc2)CC(CC)C1. The van der Waals surface area contributed by atoms with Crippen molar-refractivity contribution >= 4 is 0 Å². The molecule has 1 nitrogen and oxygen atoms in total. The molecule has 1 fully saturated rings. The first-order valence-corrected chi connectivity index (χ1v) is 8.23. The molecule has 0 aliphatic heterocycles. The molecule has 0 heterocycles. The lowest BCUT2D eigenvalue weighted by Gasteiger charge is -2.48. The molecular formula is C19H31N. The van der Waals surface area contributed by atoms with Gasteiger partial charge in [-0.15, -0.1) is 0 Å². The van der Waals surface area contributed by atoms with Crippen LogP contribution in [-0.2, 0) is 10.8 Å². The van der Waals surface area contributed by atoms with Crippen molar-refractivity contribution in [3.63, 3.8) is 0 Å². The van der Waals surface area contributed by atoms with E-state index in [2.05, 4.69) is 64.2 Å². The molecule has 1 aromatic carbocycles. The van der Waals surface area contributed by atoms with E-state index in [-0.39, 0.29) is 5.41 Å². The Hall–Kier alpha value is -0.820. The van der Waals surface area contributed by atoms with E-state index in [1.54, 1.807) is 0 Å². The third-order valence-electron chi connectivity index (χ3n) is 5.01. The normalized spacial score (nSPS) is 26.4. The highest BCUT2D eigenvalue weighted by Crippen LogP contribution is 2.49. The molecule has 1 aliphatic carbocycles. The van der Waals surface area contributed by atoms with Crippen LogP contribution in [0.25, 0.3) is 0 Å². The third-order valence-corrected chi connectivity index (χ3v) is 5.01. The van der Waals surface area contributed by atoms with Crippen molar-refractivity contribution in [2.24, 2.45) is 5.92 Å². The topological polar surface area (TPSA) is 12.0 Å². The first kappa shape index (κ1) is 15.6. The molecule has 0 aromatic heterocycles. The van der Waals surface area contributed by atoms with Gasteiger partial charge in [0.1, 0.15) is 0 Å². The van der Waals surface area contributed by atoms with Crippen molar-refractivity contribution < 1.29 is 0 Å². The van der Waals surface area contributed by atoms with Crippen LogP contribution in [0, 0.1) is 5.92 Å². The summed E-state index contributed by atoms with van der Waals surface area (Å²) in [6.45, 7) is 13.6. The summed E-state index contributed by atoms with van der Waals surface area (Å²) in [5.74, 6) is 0.927. The van der Waals surface area contributed by atoms with E-state index < -0.39 is 0 Å². The van der Waals surface area contributed by atoms with Crippen LogP contribution in [0.5, 0.6) is 0 Å². The van der Waals surface area contributed by atoms with Gasteiger partial charge in [0.25, 0.3) is 0 Å². The number of hydrogen-bond acceptors (Lipinski definition) is 1. The van der Waals surface area contributed by atoms with E-state index in [0.29, 0.717) is 5.41 Å². The fourth-order valence-corrected chi connectivity index (χ4v) is 3.50. The summed E-state index contributed by atoms with van der Waals surface area (Å²) in [4.78, 5) is 0. The maximum Gasteiger partial charge on any atom is 0.00830 e. The summed E-state index contributed by atoms with van der Waals surface area (Å²) >= 11 is 0. The molecule has 1 aromatic rings. The fraction of sp³-hybridized carbons (Fsp3) is 0.684. The monoisotopic (exact) mass is 273 g/mol. The van der Waals surface area contributed by atoms with Crippen molar-refractivity contribution in [2.75, 3.05) is 13.1 Å². The second-order valence-corrected chi connectivity index (χ2v) is 7.57. The van der Waals surface area contributed by atoms with Crippen molar-refractivity contribution in [1.29, 1.82) is 0 Å². The Bertz CT molecular complexity index is 413. The van der Waals surface area contributed by atoms with Gasteiger partial charge >= 0.3 is 0 Å². The number of likely N-dealkylation sites (N-methyl/N-ethyl adjacent to an activating group) is 1. The maximum absolute atomic E-state index is 3.58. The molecule has 0 bridgehead atoms. The highest BCUT2D eigenvalue weighted by molar-refractivity contribution is 5.34. The zero-order chi connectivity index (χ0) is 14.8. The smallest absolute Gasteiger partial charge is 0.00830 e. The quantitative estimate of drug-likeness (QED) is 0.823. The van der Waals surface area contributed by atoms with Crippen LogP contribution in [0.15, 0.2) is 24.3 Å². The van der Waals surface area contributed by atoms with E-state index in [9.17, 15) is 0 Å². The van der Waals surface area contributed by atoms with Crippen molar-refractivity contribution in [1.82, 2.24) is 5.32 Å². The zero-order valence-electron chi connectivity index (χ0n) is 13.9. The molecule has 1 heteroatoms. The predicted molar refractivity (Wildman–Crippen MR) is 88.4 cm³/mol. The minimum atomic E-state index is 0.249. The molecule has 20 heavy (non-hydrogen) atoms. The lowest BCUT2D eigenvalue weighted by molar-refractivity contribution is 0.134. The summed E-state index contributed by atoms with van der Waals surface area (Å²) in [6.07, 6.45) is 4.03. The van der Waals surface area contributed by atoms with Gasteiger partial charge in [0, 0.05) is 12.0 Å². The third kappa shape index (κ3) is 3.09. The largest absolute Gasteiger partial charge is 0.316 e. The highest BCUT2D eigenvalue weighted by atomic mass is 14.9. The number of rotatable bonds is 5. The number of hydrogen-bond donors (Lipinski definition) is 1. The van der Waals surface area contributed by atoms with Crippen LogP contribution >= 0.6 is 0 Å². The summed E-state index contributed by atoms with van der Waals surface area (Å²) in [7, 11) is 0. The summed E-state index contributed by atoms with van der Waals surface area (Å²) in [5, 5.41) is 3.58. The summed E-state index contributed by atoms with van der Waals surface area (Å²) in [5.41, 5.74) is 3.62. The molecule has 0 atom stereocenters. The minimum absolute atomic E-state index is 0.249. The standard InChI is InChI=1S/C19H31N/c1-6-15-12-19(13-15,14-20-7-2)17-10-8-16(9-11-17)18(3,4)5/h8-11,15,20H,6-7,12-14H2,1-5H3. The van der Waals surface area contributed by atoms with E-state index in [4.69, 9.17) is 0 Å². The van der Waals surface area contributed by atoms with Gasteiger partial charge in [-0.05, 0) is 41.8 Å². The van der Waals surface area contributed by atoms with Crippen LogP contribution in [0.3, 0.4) is 0 Å². The second-order valence-electron chi connectivity index (χ2n) is 7.57. The van der Waals surface area contributed by atoms with Gasteiger partial charge in [-0.1, -0.05) is 65.3 Å². The highest BCUT2D eigenvalue weighted by Gasteiger charge is 2.44. The van der Waals surface area contributed by atoms with Crippen LogP contribution < -0.4 is 5.32 Å². The molecule has 1 N–H and O–H groups in total. The average Bonchev–Trinajstić information content (AvgIpc) is 2.37. The van der Waals surface area contributed by atoms with Gasteiger partial charge in [-0.25, -0.2) is 0 Å². The van der Waals surface area contributed by atoms with E-state index in [1.165, 1.54) is 30.4 Å². The molecule has 0 amide bonds. The summed E-state index contributed by atoms with van der Waals surface area (Å²) in [6, 6.07) is 9.43. The Morgan fingerprint density at radius 3 is 2.15 bits per heavy atom. The van der Waals surface area contributed by atoms with Crippen molar-refractivity contribution in [3.8, 4) is 0 Å². The van der Waals surface area contributed by atoms with Crippen molar-refractivity contribution in [3.05, 3.63) is 35.4 Å². The van der Waals surface area contributed by atoms with Crippen molar-refractivity contribution in [2.45, 2.75) is 64.7 Å². The van der Waals surface area contributed by atoms with E-state index in [0.717, 1.165) is 19.0 Å². The first-order valence-electron chi connectivity index (χ1n) is 8.23. The van der Waals surface area contributed by atoms with Gasteiger partial charge in [-0.2, -0.15) is 0 Å². The Morgan fingerprint density at radius 1 is 1.10 bits per heavy atom. The number of benzene rings is 1. The molecule has 1 aliphatic rings. The summed E-state index contributed by atoms with van der Waals surface area (Å²) < 4.78 is 0. The lowest BCUT2D eigenvalue weighted by atomic mass is 9.57. The lowest BCUT2D eigenvalue weighted by Crippen LogP contribution is -2.48. The first-order chi connectivity index (χ1) is 9.41. The van der Waals surface area contributed by atoms with E-state index >= 15 is 0 Å². The van der Waals surface area contributed by atoms with Gasteiger partial charge in [0.15, 0.2) is 0 Å². The Balaban J connectivity index is 2.18. The van der Waals surface area contributed by atoms with Crippen LogP contribution in [0.4, 0.5) is 0 Å². The Labute approximate surface area is 125 Å². The van der Waals surface area contributed by atoms with Crippen LogP contribution in [0.1, 0.15) is 65.0 Å². The molecule has 2 rings (SSSR count).